The van der Waals surface area contributed by atoms with Crippen LogP contribution in [0.25, 0.3) is 5.03 Å². The molecule has 0 atom stereocenters. The van der Waals surface area contributed by atoms with Gasteiger partial charge in [-0.1, -0.05) is 0 Å². The predicted molar refractivity (Wildman–Crippen MR) is 83.6 cm³/mol. The maximum atomic E-state index is 6.73. The molecule has 0 spiro atoms. The molecule has 0 aliphatic carbocycles. The summed E-state index contributed by atoms with van der Waals surface area (Å²) in [5.41, 5.74) is 1.03. The van der Waals surface area contributed by atoms with Gasteiger partial charge < -0.3 is 0 Å². The quantitative estimate of drug-likeness (QED) is 0.664. The first-order chi connectivity index (χ1) is 9.10. The minimum absolute atomic E-state index is 0.767. The molecule has 1 aromatic rings. The molecule has 3 rings (SSSR count). The summed E-state index contributed by atoms with van der Waals surface area (Å²) in [6.07, 6.45) is 0. The molecule has 0 bridgehead atoms. The second-order valence-electron chi connectivity index (χ2n) is 4.59. The zero-order valence-corrected chi connectivity index (χ0v) is 14.8. The van der Waals surface area contributed by atoms with E-state index in [-0.39, 0.29) is 0 Å². The number of hydrogen-bond acceptors (Lipinski definition) is 2. The van der Waals surface area contributed by atoms with Crippen molar-refractivity contribution in [1.82, 2.24) is 4.90 Å². The van der Waals surface area contributed by atoms with Crippen LogP contribution in [0.4, 0.5) is 0 Å². The van der Waals surface area contributed by atoms with Gasteiger partial charge in [0, 0.05) is 0 Å². The van der Waals surface area contributed by atoms with E-state index in [4.69, 9.17) is 34.3 Å². The van der Waals surface area contributed by atoms with Crippen LogP contribution in [0.1, 0.15) is 5.56 Å². The van der Waals surface area contributed by atoms with E-state index in [0.29, 0.717) is 0 Å². The normalized spacial score (nSPS) is 24.4. The topological polar surface area (TPSA) is 12.5 Å². The number of ether oxygens (including phenoxy) is 1. The Labute approximate surface area is 129 Å². The van der Waals surface area contributed by atoms with E-state index in [1.807, 2.05) is 24.3 Å². The van der Waals surface area contributed by atoms with Crippen LogP contribution in [-0.4, -0.2) is 53.7 Å². The Morgan fingerprint density at radius 1 is 1.16 bits per heavy atom. The fraction of sp³-hybridized carbons (Fsp3) is 0.385. The average molecular weight is 434 g/mol. The molecule has 6 heteroatoms. The minimum atomic E-state index is -3.22. The van der Waals surface area contributed by atoms with Gasteiger partial charge in [0.05, 0.1) is 0 Å². The molecule has 1 aromatic carbocycles. The molecule has 0 radical (unpaired) electrons. The van der Waals surface area contributed by atoms with Crippen LogP contribution in [0.15, 0.2) is 27.9 Å². The molecule has 19 heavy (non-hydrogen) atoms. The van der Waals surface area contributed by atoms with Crippen molar-refractivity contribution in [1.29, 1.82) is 0 Å². The summed E-state index contributed by atoms with van der Waals surface area (Å²) >= 11 is 3.29. The second kappa shape index (κ2) is 5.73. The first kappa shape index (κ1) is 14.5. The molecule has 0 N–H and O–H groups in total. The number of fused-ring (bicyclic) bond motifs is 1. The van der Waals surface area contributed by atoms with Gasteiger partial charge in [0.2, 0.25) is 0 Å². The van der Waals surface area contributed by atoms with Crippen LogP contribution in [0.5, 0.6) is 0 Å². The molecule has 2 nitrogen and oxygen atoms in total. The number of rotatable bonds is 2. The van der Waals surface area contributed by atoms with E-state index in [2.05, 4.69) is 4.90 Å². The second-order valence-corrected chi connectivity index (χ2v) is 17.6. The third-order valence-electron chi connectivity index (χ3n) is 3.42. The van der Waals surface area contributed by atoms with Crippen molar-refractivity contribution in [2.24, 2.45) is 0 Å². The van der Waals surface area contributed by atoms with E-state index in [1.54, 1.807) is 0 Å². The van der Waals surface area contributed by atoms with Gasteiger partial charge in [0.1, 0.15) is 0 Å². The van der Waals surface area contributed by atoms with E-state index in [9.17, 15) is 0 Å². The van der Waals surface area contributed by atoms with Gasteiger partial charge in [-0.2, -0.15) is 0 Å². The molecule has 0 amide bonds. The summed E-state index contributed by atoms with van der Waals surface area (Å²) in [4.78, 5) is 2.32. The molecule has 1 fully saturated rings. The van der Waals surface area contributed by atoms with Gasteiger partial charge in [-0.25, -0.2) is 0 Å². The molecule has 0 aromatic heterocycles. The van der Waals surface area contributed by atoms with Crippen LogP contribution >= 0.6 is 29.5 Å². The zero-order valence-electron chi connectivity index (χ0n) is 10.2. The third-order valence-corrected chi connectivity index (χ3v) is 14.2. The number of halogens is 3. The Balaban J connectivity index is 1.91. The third kappa shape index (κ3) is 2.68. The Kier molecular flexibility index (Phi) is 4.37. The first-order valence-electron chi connectivity index (χ1n) is 6.11. The van der Waals surface area contributed by atoms with Crippen molar-refractivity contribution in [3.8, 4) is 0 Å². The average Bonchev–Trinajstić information content (AvgIpc) is 2.62. The van der Waals surface area contributed by atoms with Gasteiger partial charge in [0.15, 0.2) is 0 Å². The Morgan fingerprint density at radius 3 is 2.53 bits per heavy atom. The van der Waals surface area contributed by atoms with Gasteiger partial charge >= 0.3 is 130 Å². The predicted octanol–water partition coefficient (Wildman–Crippen LogP) is 2.65. The summed E-state index contributed by atoms with van der Waals surface area (Å²) in [7, 11) is 13.5. The molecule has 2 aliphatic heterocycles. The van der Waals surface area contributed by atoms with Crippen molar-refractivity contribution in [3.63, 3.8) is 0 Å². The summed E-state index contributed by atoms with van der Waals surface area (Å²) in [6, 6.07) is 7.98. The molecular weight excluding hydrogens is 420 g/mol. The molecule has 0 saturated carbocycles. The van der Waals surface area contributed by atoms with Crippen LogP contribution < -0.4 is 3.61 Å². The summed E-state index contributed by atoms with van der Waals surface area (Å²) in [5, 5.41) is 0.772. The van der Waals surface area contributed by atoms with Crippen molar-refractivity contribution in [2.45, 2.75) is 0 Å². The number of hydrogen-bond donors (Lipinski definition) is 0. The summed E-state index contributed by atoms with van der Waals surface area (Å²) < 4.78 is 7.50. The van der Waals surface area contributed by atoms with Gasteiger partial charge in [0.25, 0.3) is 0 Å². The van der Waals surface area contributed by atoms with E-state index in [1.165, 1.54) is 0 Å². The van der Waals surface area contributed by atoms with Gasteiger partial charge in [-0.3, -0.25) is 0 Å². The van der Waals surface area contributed by atoms with Crippen LogP contribution in [0.2, 0.25) is 0 Å². The van der Waals surface area contributed by atoms with Crippen molar-refractivity contribution in [2.75, 3.05) is 32.8 Å². The molecule has 2 aliphatic rings. The Bertz CT molecular complexity index is 526. The first-order valence-corrected chi connectivity index (χ1v) is 14.7. The van der Waals surface area contributed by atoms with Crippen molar-refractivity contribution < 1.29 is 4.74 Å². The number of nitrogens with zero attached hydrogens (tertiary/aromatic N) is 1. The SMILES string of the molecule is ClC1=C(CN2CCOCC2)[Te](Cl)(Cl)c2ccccc21. The molecular formula is C13H14Cl3NOTe. The van der Waals surface area contributed by atoms with Crippen molar-refractivity contribution in [3.05, 3.63) is 33.4 Å². The fourth-order valence-electron chi connectivity index (χ4n) is 2.38. The Morgan fingerprint density at radius 2 is 1.84 bits per heavy atom. The molecule has 1 saturated heterocycles. The maximum absolute atomic E-state index is 6.73. The summed E-state index contributed by atoms with van der Waals surface area (Å²) in [5.74, 6) is 0. The monoisotopic (exact) mass is 435 g/mol. The van der Waals surface area contributed by atoms with Crippen LogP contribution in [0.3, 0.4) is 0 Å². The van der Waals surface area contributed by atoms with E-state index in [0.717, 1.165) is 50.7 Å². The Hall–Kier alpha value is 0.540. The standard InChI is InChI=1S/C13H14Cl3NOTe/c14-13-10-3-1-2-4-11(10)19(15,16)12(13)9-17-5-7-18-8-6-17/h1-4H,5-9H2. The number of morpholine rings is 1. The van der Waals surface area contributed by atoms with Crippen LogP contribution in [-0.2, 0) is 4.74 Å². The van der Waals surface area contributed by atoms with Crippen molar-refractivity contribution >= 4 is 54.1 Å². The molecule has 104 valence electrons. The fourth-order valence-corrected chi connectivity index (χ4v) is 12.3. The van der Waals surface area contributed by atoms with Gasteiger partial charge in [-0.05, 0) is 0 Å². The molecule has 2 heterocycles. The molecule has 0 unspecified atom stereocenters. The van der Waals surface area contributed by atoms with Crippen LogP contribution in [0, 0.1) is 0 Å². The number of benzene rings is 1. The summed E-state index contributed by atoms with van der Waals surface area (Å²) in [6.45, 7) is 4.13. The van der Waals surface area contributed by atoms with E-state index >= 15 is 0 Å². The van der Waals surface area contributed by atoms with E-state index < -0.39 is 15.9 Å². The van der Waals surface area contributed by atoms with Gasteiger partial charge in [-0.15, -0.1) is 0 Å². The zero-order chi connectivity index (χ0) is 13.5.